The van der Waals surface area contributed by atoms with Crippen LogP contribution in [0.25, 0.3) is 0 Å². The monoisotopic (exact) mass is 261 g/mol. The largest absolute Gasteiger partial charge is 0.331 e. The van der Waals surface area contributed by atoms with Crippen LogP contribution in [0.1, 0.15) is 37.7 Å². The van der Waals surface area contributed by atoms with Gasteiger partial charge in [-0.05, 0) is 26.5 Å². The van der Waals surface area contributed by atoms with Gasteiger partial charge in [-0.15, -0.1) is 0 Å². The van der Waals surface area contributed by atoms with Crippen molar-refractivity contribution in [3.05, 3.63) is 36.2 Å². The Kier molecular flexibility index (Phi) is 4.74. The van der Waals surface area contributed by atoms with Crippen LogP contribution in [0.15, 0.2) is 24.8 Å². The number of rotatable bonds is 7. The normalized spacial score (nSPS) is 12.8. The van der Waals surface area contributed by atoms with Crippen LogP contribution < -0.4 is 5.32 Å². The molecule has 19 heavy (non-hydrogen) atoms. The average Bonchev–Trinajstić information content (AvgIpc) is 3.05. The molecule has 0 aromatic carbocycles. The van der Waals surface area contributed by atoms with Gasteiger partial charge in [0.25, 0.3) is 0 Å². The topological polar surface area (TPSA) is 47.7 Å². The highest BCUT2D eigenvalue weighted by molar-refractivity contribution is 5.04. The van der Waals surface area contributed by atoms with Gasteiger partial charge in [-0.25, -0.2) is 4.98 Å². The van der Waals surface area contributed by atoms with Gasteiger partial charge in [-0.1, -0.05) is 6.92 Å². The summed E-state index contributed by atoms with van der Waals surface area (Å²) in [6.07, 6.45) is 8.10. The van der Waals surface area contributed by atoms with E-state index in [0.29, 0.717) is 6.04 Å². The molecule has 2 heterocycles. The summed E-state index contributed by atoms with van der Waals surface area (Å²) in [5.74, 6) is 0. The van der Waals surface area contributed by atoms with Crippen molar-refractivity contribution in [1.29, 1.82) is 0 Å². The summed E-state index contributed by atoms with van der Waals surface area (Å²) in [4.78, 5) is 4.40. The van der Waals surface area contributed by atoms with Crippen molar-refractivity contribution in [2.45, 2.75) is 39.3 Å². The van der Waals surface area contributed by atoms with Crippen molar-refractivity contribution in [2.75, 3.05) is 13.6 Å². The molecule has 0 fully saturated rings. The van der Waals surface area contributed by atoms with Crippen molar-refractivity contribution in [3.8, 4) is 0 Å². The Labute approximate surface area is 114 Å². The van der Waals surface area contributed by atoms with Gasteiger partial charge in [0, 0.05) is 31.4 Å². The van der Waals surface area contributed by atoms with E-state index < -0.39 is 0 Å². The van der Waals surface area contributed by atoms with Crippen LogP contribution in [0, 0.1) is 0 Å². The predicted molar refractivity (Wildman–Crippen MR) is 76.2 cm³/mol. The van der Waals surface area contributed by atoms with Crippen LogP contribution in [0.3, 0.4) is 0 Å². The molecular weight excluding hydrogens is 238 g/mol. The van der Waals surface area contributed by atoms with Crippen LogP contribution in [-0.2, 0) is 13.0 Å². The highest BCUT2D eigenvalue weighted by atomic mass is 15.3. The highest BCUT2D eigenvalue weighted by Gasteiger charge is 2.05. The van der Waals surface area contributed by atoms with E-state index in [9.17, 15) is 0 Å². The van der Waals surface area contributed by atoms with E-state index in [4.69, 9.17) is 0 Å². The second-order valence-corrected chi connectivity index (χ2v) is 4.94. The number of imidazole rings is 1. The van der Waals surface area contributed by atoms with E-state index in [1.165, 1.54) is 0 Å². The first-order valence-corrected chi connectivity index (χ1v) is 6.92. The first kappa shape index (κ1) is 13.8. The van der Waals surface area contributed by atoms with Gasteiger partial charge in [0.05, 0.1) is 24.3 Å². The first-order valence-electron chi connectivity index (χ1n) is 6.92. The fourth-order valence-corrected chi connectivity index (χ4v) is 1.96. The molecule has 1 unspecified atom stereocenters. The molecule has 2 rings (SSSR count). The summed E-state index contributed by atoms with van der Waals surface area (Å²) >= 11 is 0. The second kappa shape index (κ2) is 6.52. The zero-order valence-corrected chi connectivity index (χ0v) is 12.0. The van der Waals surface area contributed by atoms with E-state index in [2.05, 4.69) is 52.3 Å². The third kappa shape index (κ3) is 3.67. The fourth-order valence-electron chi connectivity index (χ4n) is 1.96. The molecule has 5 nitrogen and oxygen atoms in total. The molecule has 0 aliphatic heterocycles. The molecule has 0 spiro atoms. The highest BCUT2D eigenvalue weighted by Crippen LogP contribution is 2.10. The van der Waals surface area contributed by atoms with Crippen LogP contribution in [-0.4, -0.2) is 32.9 Å². The Balaban J connectivity index is 1.96. The summed E-state index contributed by atoms with van der Waals surface area (Å²) in [7, 11) is 1.96. The minimum Gasteiger partial charge on any atom is -0.331 e. The summed E-state index contributed by atoms with van der Waals surface area (Å²) in [6, 6.07) is 2.54. The van der Waals surface area contributed by atoms with Crippen molar-refractivity contribution < 1.29 is 0 Å². The Morgan fingerprint density at radius 2 is 2.21 bits per heavy atom. The third-order valence-corrected chi connectivity index (χ3v) is 3.37. The smallest absolute Gasteiger partial charge is 0.0953 e. The van der Waals surface area contributed by atoms with Crippen LogP contribution in [0.5, 0.6) is 0 Å². The number of aromatic nitrogens is 4. The molecule has 1 N–H and O–H groups in total. The fraction of sp³-hybridized carbons (Fsp3) is 0.571. The van der Waals surface area contributed by atoms with Crippen LogP contribution >= 0.6 is 0 Å². The molecule has 2 aromatic heterocycles. The summed E-state index contributed by atoms with van der Waals surface area (Å²) in [5.41, 5.74) is 2.20. The predicted octanol–water partition coefficient (Wildman–Crippen LogP) is 1.86. The molecule has 0 radical (unpaired) electrons. The minimum absolute atomic E-state index is 0.461. The third-order valence-electron chi connectivity index (χ3n) is 3.37. The van der Waals surface area contributed by atoms with E-state index >= 15 is 0 Å². The first-order chi connectivity index (χ1) is 9.22. The van der Waals surface area contributed by atoms with Crippen molar-refractivity contribution in [3.63, 3.8) is 0 Å². The molecular formula is C14H23N5. The lowest BCUT2D eigenvalue weighted by atomic mass is 10.3. The number of hydrogen-bond donors (Lipinski definition) is 1. The van der Waals surface area contributed by atoms with Crippen molar-refractivity contribution in [2.24, 2.45) is 0 Å². The Hall–Kier alpha value is -1.62. The summed E-state index contributed by atoms with van der Waals surface area (Å²) in [5, 5.41) is 7.74. The van der Waals surface area contributed by atoms with Gasteiger partial charge in [0.1, 0.15) is 0 Å². The molecule has 0 aliphatic carbocycles. The molecule has 1 atom stereocenters. The molecule has 2 aromatic rings. The standard InChI is InChI=1S/C14H23N5/c1-4-12(2)19-8-6-14(17-19)10-18-9-13(16-11-18)5-7-15-3/h6,8-9,11-12,15H,4-5,7,10H2,1-3H3. The number of nitrogens with one attached hydrogen (secondary N) is 1. The molecule has 0 bridgehead atoms. The van der Waals surface area contributed by atoms with E-state index in [0.717, 1.165) is 37.3 Å². The molecule has 0 saturated heterocycles. The van der Waals surface area contributed by atoms with E-state index in [-0.39, 0.29) is 0 Å². The second-order valence-electron chi connectivity index (χ2n) is 4.94. The van der Waals surface area contributed by atoms with Gasteiger partial charge >= 0.3 is 0 Å². The maximum absolute atomic E-state index is 4.60. The molecule has 0 amide bonds. The average molecular weight is 261 g/mol. The van der Waals surface area contributed by atoms with Crippen molar-refractivity contribution in [1.82, 2.24) is 24.6 Å². The Bertz CT molecular complexity index is 499. The Morgan fingerprint density at radius 1 is 1.37 bits per heavy atom. The van der Waals surface area contributed by atoms with Gasteiger partial charge < -0.3 is 9.88 Å². The number of hydrogen-bond acceptors (Lipinski definition) is 3. The quantitative estimate of drug-likeness (QED) is 0.827. The van der Waals surface area contributed by atoms with Crippen LogP contribution in [0.4, 0.5) is 0 Å². The molecule has 0 aliphatic rings. The van der Waals surface area contributed by atoms with Crippen molar-refractivity contribution >= 4 is 0 Å². The summed E-state index contributed by atoms with van der Waals surface area (Å²) < 4.78 is 4.13. The summed E-state index contributed by atoms with van der Waals surface area (Å²) in [6.45, 7) is 6.11. The molecule has 0 saturated carbocycles. The van der Waals surface area contributed by atoms with E-state index in [1.54, 1.807) is 0 Å². The molecule has 104 valence electrons. The number of likely N-dealkylation sites (N-methyl/N-ethyl adjacent to an activating group) is 1. The lowest BCUT2D eigenvalue weighted by Crippen LogP contribution is -2.10. The minimum atomic E-state index is 0.461. The van der Waals surface area contributed by atoms with Crippen LogP contribution in [0.2, 0.25) is 0 Å². The zero-order valence-electron chi connectivity index (χ0n) is 12.0. The SMILES string of the molecule is CCC(C)n1ccc(Cn2cnc(CCNC)c2)n1. The Morgan fingerprint density at radius 3 is 2.95 bits per heavy atom. The maximum Gasteiger partial charge on any atom is 0.0953 e. The van der Waals surface area contributed by atoms with E-state index in [1.807, 2.05) is 18.1 Å². The zero-order chi connectivity index (χ0) is 13.7. The van der Waals surface area contributed by atoms with Gasteiger partial charge in [-0.3, -0.25) is 4.68 Å². The molecule has 5 heteroatoms. The lowest BCUT2D eigenvalue weighted by molar-refractivity contribution is 0.472. The lowest BCUT2D eigenvalue weighted by Gasteiger charge is -2.08. The van der Waals surface area contributed by atoms with Gasteiger partial charge in [0.2, 0.25) is 0 Å². The number of nitrogens with zero attached hydrogens (tertiary/aromatic N) is 4. The van der Waals surface area contributed by atoms with Gasteiger partial charge in [-0.2, -0.15) is 5.10 Å². The maximum atomic E-state index is 4.60. The van der Waals surface area contributed by atoms with Gasteiger partial charge in [0.15, 0.2) is 0 Å².